The first-order valence-electron chi connectivity index (χ1n) is 3.02. The van der Waals surface area contributed by atoms with Crippen molar-refractivity contribution in [3.05, 3.63) is 45.8 Å². The zero-order chi connectivity index (χ0) is 8.69. The fourth-order valence-corrected chi connectivity index (χ4v) is 0.587. The van der Waals surface area contributed by atoms with Crippen molar-refractivity contribution < 1.29 is 17.1 Å². The van der Waals surface area contributed by atoms with Crippen LogP contribution in [0.5, 0.6) is 0 Å². The third kappa shape index (κ3) is 5.62. The van der Waals surface area contributed by atoms with Crippen LogP contribution < -0.4 is 5.73 Å². The molecule has 1 aromatic rings. The number of nitrogen functional groups attached to an aromatic ring is 1. The summed E-state index contributed by atoms with van der Waals surface area (Å²) >= 11 is 0. The van der Waals surface area contributed by atoms with Crippen LogP contribution in [0.3, 0.4) is 0 Å². The van der Waals surface area contributed by atoms with Crippen molar-refractivity contribution in [2.75, 3.05) is 5.73 Å². The number of benzene rings is 1. The van der Waals surface area contributed by atoms with Crippen LogP contribution in [-0.4, -0.2) is 0 Å². The summed E-state index contributed by atoms with van der Waals surface area (Å²) in [5, 5.41) is 0. The Labute approximate surface area is 81.7 Å². The molecule has 1 rings (SSSR count). The largest absolute Gasteiger partial charge is 0.399 e. The van der Waals surface area contributed by atoms with Gasteiger partial charge in [0.2, 0.25) is 0 Å². The van der Waals surface area contributed by atoms with E-state index in [1.807, 2.05) is 31.2 Å². The predicted octanol–water partition coefficient (Wildman–Crippen LogP) is 2.44. The van der Waals surface area contributed by atoms with Gasteiger partial charge in [-0.15, -0.1) is 0 Å². The number of rotatable bonds is 0. The second-order valence-corrected chi connectivity index (χ2v) is 1.95. The van der Waals surface area contributed by atoms with E-state index < -0.39 is 0 Å². The summed E-state index contributed by atoms with van der Waals surface area (Å²) in [4.78, 5) is 1.50. The number of anilines is 1. The quantitative estimate of drug-likeness (QED) is 0.231. The summed E-state index contributed by atoms with van der Waals surface area (Å²) < 4.78 is 0. The number of hydrogen-bond acceptors (Lipinski definition) is 1. The normalized spacial score (nSPS) is 6.75. The van der Waals surface area contributed by atoms with E-state index in [1.165, 1.54) is 4.91 Å². The van der Waals surface area contributed by atoms with Crippen molar-refractivity contribution >= 4 is 5.69 Å². The van der Waals surface area contributed by atoms with Crippen molar-refractivity contribution in [1.82, 2.24) is 0 Å². The van der Waals surface area contributed by atoms with Crippen molar-refractivity contribution in [3.8, 4) is 0 Å². The van der Waals surface area contributed by atoms with Crippen LogP contribution in [0.1, 0.15) is 5.56 Å². The topological polar surface area (TPSA) is 84.7 Å². The number of nitrogens with two attached hydrogens (primary N) is 1. The number of hydrogen-bond donors (Lipinski definition) is 1. The predicted molar refractivity (Wildman–Crippen MR) is 45.7 cm³/mol. The third-order valence-corrected chi connectivity index (χ3v) is 1.19. The summed E-state index contributed by atoms with van der Waals surface area (Å²) in [7, 11) is 0. The van der Waals surface area contributed by atoms with E-state index in [4.69, 9.17) is 16.8 Å². The molecule has 2 N–H and O–H groups in total. The van der Waals surface area contributed by atoms with Crippen molar-refractivity contribution in [2.24, 2.45) is 0 Å². The van der Waals surface area contributed by atoms with Crippen LogP contribution in [-0.2, 0) is 17.1 Å². The Balaban J connectivity index is 0. The summed E-state index contributed by atoms with van der Waals surface area (Å²) in [5.74, 6) is 0. The molecule has 0 saturated carbocycles. The molecule has 0 unspecified atom stereocenters. The third-order valence-electron chi connectivity index (χ3n) is 1.19. The summed E-state index contributed by atoms with van der Waals surface area (Å²) in [6.45, 7) is 2.00. The minimum Gasteiger partial charge on any atom is -0.399 e. The Hall–Kier alpha value is -1.15. The fraction of sp³-hybridized carbons (Fsp3) is 0.143. The minimum absolute atomic E-state index is 0. The van der Waals surface area contributed by atoms with Gasteiger partial charge in [0, 0.05) is 22.8 Å². The molecule has 1 radical (unpaired) electrons. The molecule has 0 aromatic heterocycles. The molecule has 0 heterocycles. The summed E-state index contributed by atoms with van der Waals surface area (Å²) in [5.41, 5.74) is 21.0. The Morgan fingerprint density at radius 2 is 1.67 bits per heavy atom. The maximum Gasteiger partial charge on any atom is 0.0343 e. The molecule has 0 aliphatic rings. The fourth-order valence-electron chi connectivity index (χ4n) is 0.587. The van der Waals surface area contributed by atoms with E-state index >= 15 is 0 Å². The van der Waals surface area contributed by atoms with Gasteiger partial charge in [-0.25, -0.2) is 0 Å². The van der Waals surface area contributed by atoms with E-state index in [-0.39, 0.29) is 17.1 Å². The Kier molecular flexibility index (Phi) is 8.91. The molecule has 0 fully saturated rings. The molecule has 0 saturated heterocycles. The van der Waals surface area contributed by atoms with E-state index in [0.29, 0.717) is 0 Å². The molecule has 0 aliphatic heterocycles. The second-order valence-electron chi connectivity index (χ2n) is 1.95. The van der Waals surface area contributed by atoms with E-state index in [0.717, 1.165) is 11.3 Å². The maximum atomic E-state index is 6.75. The van der Waals surface area contributed by atoms with Crippen molar-refractivity contribution in [3.63, 3.8) is 0 Å². The number of aryl methyl sites for hydroxylation is 1. The van der Waals surface area contributed by atoms with Crippen molar-refractivity contribution in [2.45, 2.75) is 6.92 Å². The van der Waals surface area contributed by atoms with Gasteiger partial charge < -0.3 is 16.8 Å². The standard InChI is InChI=1S/C7H9N.Cu.N3/c1-6-4-2-3-5-7(6)8;;1-3-2/h2-5H,8H2,1H3;;/q;;-1. The van der Waals surface area contributed by atoms with E-state index in [2.05, 4.69) is 0 Å². The van der Waals surface area contributed by atoms with Gasteiger partial charge in [-0.1, -0.05) is 18.2 Å². The molecule has 0 spiro atoms. The second kappa shape index (κ2) is 7.95. The van der Waals surface area contributed by atoms with Crippen LogP contribution in [0.2, 0.25) is 0 Å². The minimum atomic E-state index is 0. The average Bonchev–Trinajstić information content (AvgIpc) is 1.97. The maximum absolute atomic E-state index is 6.75. The average molecular weight is 213 g/mol. The Bertz CT molecular complexity index is 234. The molecule has 0 amide bonds. The van der Waals surface area contributed by atoms with Gasteiger partial charge in [-0.2, -0.15) is 0 Å². The van der Waals surface area contributed by atoms with Crippen LogP contribution in [0.4, 0.5) is 5.69 Å². The monoisotopic (exact) mass is 212 g/mol. The van der Waals surface area contributed by atoms with Gasteiger partial charge in [0.1, 0.15) is 0 Å². The summed E-state index contributed by atoms with van der Waals surface area (Å²) in [6.07, 6.45) is 0. The molecule has 0 atom stereocenters. The number of para-hydroxylation sites is 1. The summed E-state index contributed by atoms with van der Waals surface area (Å²) in [6, 6.07) is 7.80. The molecule has 69 valence electrons. The smallest absolute Gasteiger partial charge is 0.0343 e. The molecule has 4 nitrogen and oxygen atoms in total. The Morgan fingerprint density at radius 3 is 1.92 bits per heavy atom. The SMILES string of the molecule is Cc1ccccc1N.[Cu].[N-]=[N+]=[N-]. The first-order valence-corrected chi connectivity index (χ1v) is 3.02. The molecular weight excluding hydrogens is 204 g/mol. The first-order chi connectivity index (χ1) is 5.22. The van der Waals surface area contributed by atoms with Gasteiger partial charge >= 0.3 is 0 Å². The molecule has 1 aromatic carbocycles. The van der Waals surface area contributed by atoms with Crippen LogP contribution in [0.25, 0.3) is 16.0 Å². The molecule has 0 bridgehead atoms. The Morgan fingerprint density at radius 1 is 1.25 bits per heavy atom. The molecular formula is C7H9CuN4-. The molecule has 12 heavy (non-hydrogen) atoms. The van der Waals surface area contributed by atoms with Gasteiger partial charge in [-0.05, 0) is 18.6 Å². The van der Waals surface area contributed by atoms with Crippen LogP contribution in [0.15, 0.2) is 24.3 Å². The van der Waals surface area contributed by atoms with E-state index in [9.17, 15) is 0 Å². The first kappa shape index (κ1) is 13.4. The van der Waals surface area contributed by atoms with E-state index in [1.54, 1.807) is 0 Å². The van der Waals surface area contributed by atoms with Gasteiger partial charge in [-0.3, -0.25) is 4.91 Å². The van der Waals surface area contributed by atoms with Gasteiger partial charge in [0.25, 0.3) is 0 Å². The van der Waals surface area contributed by atoms with Gasteiger partial charge in [0.05, 0.1) is 0 Å². The van der Waals surface area contributed by atoms with Crippen LogP contribution >= 0.6 is 0 Å². The van der Waals surface area contributed by atoms with Crippen LogP contribution in [0, 0.1) is 6.92 Å². The number of nitrogens with zero attached hydrogens (tertiary/aromatic N) is 3. The zero-order valence-electron chi connectivity index (χ0n) is 6.53. The molecule has 0 aliphatic carbocycles. The van der Waals surface area contributed by atoms with Gasteiger partial charge in [0.15, 0.2) is 0 Å². The van der Waals surface area contributed by atoms with Crippen molar-refractivity contribution in [1.29, 1.82) is 0 Å². The molecule has 5 heteroatoms. The zero-order valence-corrected chi connectivity index (χ0v) is 7.47.